The van der Waals surface area contributed by atoms with Crippen LogP contribution < -0.4 is 5.32 Å². The fourth-order valence-corrected chi connectivity index (χ4v) is 3.94. The molecule has 2 unspecified atom stereocenters. The van der Waals surface area contributed by atoms with Crippen LogP contribution in [0.2, 0.25) is 0 Å². The topological polar surface area (TPSA) is 105 Å². The molecule has 1 heterocycles. The van der Waals surface area contributed by atoms with Crippen molar-refractivity contribution < 1.29 is 29.0 Å². The van der Waals surface area contributed by atoms with Gasteiger partial charge in [0.05, 0.1) is 0 Å². The van der Waals surface area contributed by atoms with Gasteiger partial charge in [-0.05, 0) is 57.4 Å². The number of hydrogen-bond donors (Lipinski definition) is 2. The van der Waals surface area contributed by atoms with Crippen LogP contribution >= 0.6 is 0 Å². The maximum absolute atomic E-state index is 12.6. The minimum Gasteiger partial charge on any atom is -0.480 e. The number of carbonyl (C=O) groups excluding carboxylic acids is 2. The van der Waals surface area contributed by atoms with Crippen molar-refractivity contribution in [1.29, 1.82) is 0 Å². The van der Waals surface area contributed by atoms with Gasteiger partial charge in [-0.1, -0.05) is 44.2 Å². The predicted octanol–water partition coefficient (Wildman–Crippen LogP) is 4.47. The van der Waals surface area contributed by atoms with Crippen molar-refractivity contribution in [2.75, 3.05) is 13.1 Å². The van der Waals surface area contributed by atoms with Crippen LogP contribution in [0.1, 0.15) is 59.4 Å². The molecule has 2 amide bonds. The zero-order chi connectivity index (χ0) is 24.6. The van der Waals surface area contributed by atoms with E-state index in [4.69, 9.17) is 9.47 Å². The lowest BCUT2D eigenvalue weighted by atomic mass is 9.88. The summed E-state index contributed by atoms with van der Waals surface area (Å²) in [7, 11) is 0. The van der Waals surface area contributed by atoms with Gasteiger partial charge in [0.25, 0.3) is 0 Å². The van der Waals surface area contributed by atoms with Crippen LogP contribution in [-0.4, -0.2) is 59.0 Å². The Morgan fingerprint density at radius 1 is 1.12 bits per heavy atom. The van der Waals surface area contributed by atoms with Gasteiger partial charge < -0.3 is 24.8 Å². The van der Waals surface area contributed by atoms with Crippen molar-refractivity contribution >= 4 is 18.2 Å². The van der Waals surface area contributed by atoms with Crippen molar-refractivity contribution in [2.45, 2.75) is 78.0 Å². The summed E-state index contributed by atoms with van der Waals surface area (Å²) in [5.41, 5.74) is 0.476. The van der Waals surface area contributed by atoms with Crippen molar-refractivity contribution in [2.24, 2.45) is 11.8 Å². The molecule has 2 N–H and O–H groups in total. The summed E-state index contributed by atoms with van der Waals surface area (Å²) in [6, 6.07) is 8.74. The second kappa shape index (κ2) is 11.9. The molecule has 33 heavy (non-hydrogen) atoms. The van der Waals surface area contributed by atoms with Crippen LogP contribution in [0.3, 0.4) is 0 Å². The van der Waals surface area contributed by atoms with E-state index in [1.807, 2.05) is 65.0 Å². The first-order chi connectivity index (χ1) is 15.4. The number of carboxylic acids is 1. The number of likely N-dealkylation sites (tertiary alicyclic amines) is 1. The number of benzene rings is 1. The van der Waals surface area contributed by atoms with Gasteiger partial charge in [0.1, 0.15) is 17.7 Å². The van der Waals surface area contributed by atoms with Gasteiger partial charge in [0, 0.05) is 19.5 Å². The maximum Gasteiger partial charge on any atom is 0.410 e. The highest BCUT2D eigenvalue weighted by Crippen LogP contribution is 2.26. The Kier molecular flexibility index (Phi) is 9.56. The van der Waals surface area contributed by atoms with E-state index in [1.54, 1.807) is 4.90 Å². The van der Waals surface area contributed by atoms with Gasteiger partial charge in [-0.15, -0.1) is 0 Å². The molecule has 2 rings (SSSR count). The molecule has 1 aliphatic heterocycles. The van der Waals surface area contributed by atoms with Gasteiger partial charge in [-0.2, -0.15) is 0 Å². The molecular weight excluding hydrogens is 424 g/mol. The van der Waals surface area contributed by atoms with Gasteiger partial charge in [0.2, 0.25) is 0 Å². The highest BCUT2D eigenvalue weighted by molar-refractivity contribution is 5.79. The highest BCUT2D eigenvalue weighted by atomic mass is 16.6. The number of carbonyl (C=O) groups is 3. The van der Waals surface area contributed by atoms with Crippen LogP contribution in [0.5, 0.6) is 0 Å². The van der Waals surface area contributed by atoms with E-state index in [2.05, 4.69) is 5.32 Å². The van der Waals surface area contributed by atoms with E-state index in [0.717, 1.165) is 5.56 Å². The standard InChI is InChI=1S/C25H38N2O6/c1-17(2)15-20(22(28)29)26-23(30)32-21(16-18-9-7-6-8-10-18)19-11-13-27(14-12-19)24(31)33-25(3,4)5/h6-10,17,19-21H,11-16H2,1-5H3,(H,26,30)(H,28,29). The number of aliphatic carboxylic acids is 1. The fourth-order valence-electron chi connectivity index (χ4n) is 3.94. The Balaban J connectivity index is 2.05. The zero-order valence-electron chi connectivity index (χ0n) is 20.4. The molecule has 0 bridgehead atoms. The van der Waals surface area contributed by atoms with Gasteiger partial charge in [-0.25, -0.2) is 14.4 Å². The number of amides is 2. The summed E-state index contributed by atoms with van der Waals surface area (Å²) in [6.07, 6.45) is 0.684. The lowest BCUT2D eigenvalue weighted by molar-refractivity contribution is -0.139. The Hall–Kier alpha value is -2.77. The average Bonchev–Trinajstić information content (AvgIpc) is 2.72. The summed E-state index contributed by atoms with van der Waals surface area (Å²) >= 11 is 0. The smallest absolute Gasteiger partial charge is 0.410 e. The molecule has 0 saturated carbocycles. The fraction of sp³-hybridized carbons (Fsp3) is 0.640. The number of ether oxygens (including phenoxy) is 2. The van der Waals surface area contributed by atoms with E-state index in [9.17, 15) is 19.5 Å². The van der Waals surface area contributed by atoms with Crippen LogP contribution in [0.25, 0.3) is 0 Å². The number of alkyl carbamates (subject to hydrolysis) is 1. The Labute approximate surface area is 196 Å². The van der Waals surface area contributed by atoms with E-state index < -0.39 is 29.8 Å². The van der Waals surface area contributed by atoms with E-state index in [1.165, 1.54) is 0 Å². The molecule has 0 aromatic heterocycles. The molecular formula is C25H38N2O6. The predicted molar refractivity (Wildman–Crippen MR) is 125 cm³/mol. The molecule has 0 spiro atoms. The van der Waals surface area contributed by atoms with Crippen LogP contribution in [0.4, 0.5) is 9.59 Å². The van der Waals surface area contributed by atoms with Crippen molar-refractivity contribution in [3.05, 3.63) is 35.9 Å². The number of nitrogens with one attached hydrogen (secondary N) is 1. The van der Waals surface area contributed by atoms with Crippen LogP contribution in [-0.2, 0) is 20.7 Å². The largest absolute Gasteiger partial charge is 0.480 e. The molecule has 1 aliphatic rings. The first-order valence-corrected chi connectivity index (χ1v) is 11.7. The summed E-state index contributed by atoms with van der Waals surface area (Å²) in [5.74, 6) is -0.919. The Morgan fingerprint density at radius 2 is 1.73 bits per heavy atom. The molecule has 1 saturated heterocycles. The summed E-state index contributed by atoms with van der Waals surface area (Å²) in [4.78, 5) is 38.2. The van der Waals surface area contributed by atoms with Crippen molar-refractivity contribution in [3.63, 3.8) is 0 Å². The minimum atomic E-state index is -1.08. The number of rotatable bonds is 8. The maximum atomic E-state index is 12.6. The number of nitrogens with zero attached hydrogens (tertiary/aromatic N) is 1. The Bertz CT molecular complexity index is 782. The molecule has 184 valence electrons. The zero-order valence-corrected chi connectivity index (χ0v) is 20.4. The van der Waals surface area contributed by atoms with Gasteiger partial charge in [0.15, 0.2) is 0 Å². The summed E-state index contributed by atoms with van der Waals surface area (Å²) in [5, 5.41) is 11.9. The quantitative estimate of drug-likeness (QED) is 0.591. The monoisotopic (exact) mass is 462 g/mol. The third-order valence-corrected chi connectivity index (χ3v) is 5.55. The summed E-state index contributed by atoms with van der Waals surface area (Å²) < 4.78 is 11.3. The third-order valence-electron chi connectivity index (χ3n) is 5.55. The molecule has 0 aliphatic carbocycles. The molecule has 0 radical (unpaired) electrons. The van der Waals surface area contributed by atoms with E-state index >= 15 is 0 Å². The third kappa shape index (κ3) is 9.32. The molecule has 2 atom stereocenters. The second-order valence-corrected chi connectivity index (χ2v) is 10.1. The van der Waals surface area contributed by atoms with Crippen LogP contribution in [0, 0.1) is 11.8 Å². The van der Waals surface area contributed by atoms with Crippen LogP contribution in [0.15, 0.2) is 30.3 Å². The average molecular weight is 463 g/mol. The highest BCUT2D eigenvalue weighted by Gasteiger charge is 2.33. The van der Waals surface area contributed by atoms with E-state index in [-0.39, 0.29) is 17.9 Å². The lowest BCUT2D eigenvalue weighted by Gasteiger charge is -2.36. The normalized spacial score (nSPS) is 16.7. The second-order valence-electron chi connectivity index (χ2n) is 10.1. The molecule has 1 aromatic rings. The molecule has 8 nitrogen and oxygen atoms in total. The van der Waals surface area contributed by atoms with Crippen molar-refractivity contribution in [3.8, 4) is 0 Å². The minimum absolute atomic E-state index is 0.0445. The lowest BCUT2D eigenvalue weighted by Crippen LogP contribution is -2.47. The molecule has 1 fully saturated rings. The first-order valence-electron chi connectivity index (χ1n) is 11.7. The number of piperidine rings is 1. The number of hydrogen-bond acceptors (Lipinski definition) is 5. The van der Waals surface area contributed by atoms with E-state index in [0.29, 0.717) is 38.8 Å². The number of carboxylic acid groups (broad SMARTS) is 1. The first kappa shape index (κ1) is 26.5. The van der Waals surface area contributed by atoms with Gasteiger partial charge in [-0.3, -0.25) is 0 Å². The Morgan fingerprint density at radius 3 is 2.24 bits per heavy atom. The molecule has 1 aromatic carbocycles. The summed E-state index contributed by atoms with van der Waals surface area (Å²) in [6.45, 7) is 10.3. The van der Waals surface area contributed by atoms with Gasteiger partial charge >= 0.3 is 18.2 Å². The van der Waals surface area contributed by atoms with Crippen molar-refractivity contribution in [1.82, 2.24) is 10.2 Å². The molecule has 8 heteroatoms. The SMILES string of the molecule is CC(C)CC(NC(=O)OC(Cc1ccccc1)C1CCN(C(=O)OC(C)(C)C)CC1)C(=O)O.